The first kappa shape index (κ1) is 12.3. The Morgan fingerprint density at radius 2 is 2.25 bits per heavy atom. The van der Waals surface area contributed by atoms with Gasteiger partial charge in [-0.2, -0.15) is 0 Å². The normalized spacial score (nSPS) is 11.3. The molecule has 0 aliphatic carbocycles. The third-order valence-corrected chi connectivity index (χ3v) is 2.10. The van der Waals surface area contributed by atoms with Crippen molar-refractivity contribution in [2.75, 3.05) is 12.4 Å². The Balaban J connectivity index is 2.71. The second kappa shape index (κ2) is 5.97. The van der Waals surface area contributed by atoms with Gasteiger partial charge in [0.05, 0.1) is 0 Å². The van der Waals surface area contributed by atoms with Crippen molar-refractivity contribution in [3.8, 4) is 0 Å². The van der Waals surface area contributed by atoms with Crippen molar-refractivity contribution in [1.29, 1.82) is 0 Å². The monoisotopic (exact) mass is 222 g/mol. The summed E-state index contributed by atoms with van der Waals surface area (Å²) in [5.41, 5.74) is 14.1. The van der Waals surface area contributed by atoms with Crippen LogP contribution in [-0.2, 0) is 18.0 Å². The fraction of sp³-hybridized carbons (Fsp3) is 0.364. The molecule has 0 saturated carbocycles. The summed E-state index contributed by atoms with van der Waals surface area (Å²) >= 11 is 0. The summed E-state index contributed by atoms with van der Waals surface area (Å²) in [6.45, 7) is 2.56. The van der Waals surface area contributed by atoms with Crippen molar-refractivity contribution >= 4 is 11.5 Å². The van der Waals surface area contributed by atoms with Gasteiger partial charge in [-0.15, -0.1) is 0 Å². The van der Waals surface area contributed by atoms with Crippen LogP contribution in [0.15, 0.2) is 23.4 Å². The van der Waals surface area contributed by atoms with Gasteiger partial charge in [-0.05, 0) is 30.2 Å². The van der Waals surface area contributed by atoms with Gasteiger partial charge in [-0.25, -0.2) is 0 Å². The average molecular weight is 222 g/mol. The highest BCUT2D eigenvalue weighted by atomic mass is 16.6. The van der Waals surface area contributed by atoms with Crippen molar-refractivity contribution < 1.29 is 4.84 Å². The summed E-state index contributed by atoms with van der Waals surface area (Å²) in [6, 6.07) is 5.93. The lowest BCUT2D eigenvalue weighted by Crippen LogP contribution is -2.06. The summed E-state index contributed by atoms with van der Waals surface area (Å²) in [5, 5.41) is 6.75. The number of anilines is 1. The molecule has 0 amide bonds. The van der Waals surface area contributed by atoms with Crippen molar-refractivity contribution in [2.45, 2.75) is 20.1 Å². The summed E-state index contributed by atoms with van der Waals surface area (Å²) in [5.74, 6) is 0.408. The van der Waals surface area contributed by atoms with Gasteiger partial charge in [-0.3, -0.25) is 0 Å². The Kier molecular flexibility index (Phi) is 4.60. The highest BCUT2D eigenvalue weighted by molar-refractivity contribution is 5.76. The molecule has 0 aromatic heterocycles. The Morgan fingerprint density at radius 3 is 2.81 bits per heavy atom. The van der Waals surface area contributed by atoms with E-state index < -0.39 is 0 Å². The Bertz CT molecular complexity index is 372. The molecule has 0 heterocycles. The summed E-state index contributed by atoms with van der Waals surface area (Å²) in [6.07, 6.45) is 0. The van der Waals surface area contributed by atoms with Crippen LogP contribution in [0.1, 0.15) is 18.1 Å². The van der Waals surface area contributed by atoms with Gasteiger partial charge in [0.2, 0.25) is 0 Å². The standard InChI is InChI=1S/C11H18N4O/c1-8(13)15-16-7-9-3-4-11(14-2)10(5-9)6-12/h3-5,14H,6-7,12H2,1-2H3,(H2,13,15). The lowest BCUT2D eigenvalue weighted by molar-refractivity contribution is 0.130. The van der Waals surface area contributed by atoms with Gasteiger partial charge in [0.15, 0.2) is 0 Å². The van der Waals surface area contributed by atoms with E-state index in [4.69, 9.17) is 16.3 Å². The maximum atomic E-state index is 5.64. The molecule has 0 spiro atoms. The van der Waals surface area contributed by atoms with Gasteiger partial charge in [0.25, 0.3) is 0 Å². The molecule has 5 nitrogen and oxygen atoms in total. The number of amidine groups is 1. The first-order chi connectivity index (χ1) is 7.67. The number of rotatable bonds is 5. The fourth-order valence-corrected chi connectivity index (χ4v) is 1.36. The van der Waals surface area contributed by atoms with Crippen molar-refractivity contribution in [2.24, 2.45) is 16.6 Å². The van der Waals surface area contributed by atoms with Crippen LogP contribution in [0, 0.1) is 0 Å². The smallest absolute Gasteiger partial charge is 0.142 e. The molecule has 16 heavy (non-hydrogen) atoms. The van der Waals surface area contributed by atoms with Gasteiger partial charge in [0.1, 0.15) is 12.4 Å². The molecule has 0 aliphatic rings. The molecule has 0 bridgehead atoms. The summed E-state index contributed by atoms with van der Waals surface area (Å²) in [4.78, 5) is 5.06. The molecule has 5 N–H and O–H groups in total. The first-order valence-corrected chi connectivity index (χ1v) is 5.09. The third kappa shape index (κ3) is 3.43. The van der Waals surface area contributed by atoms with Crippen molar-refractivity contribution in [1.82, 2.24) is 0 Å². The van der Waals surface area contributed by atoms with Crippen LogP contribution in [0.4, 0.5) is 5.69 Å². The quantitative estimate of drug-likeness (QED) is 0.394. The Hall–Kier alpha value is -1.75. The zero-order valence-electron chi connectivity index (χ0n) is 9.66. The Morgan fingerprint density at radius 1 is 1.50 bits per heavy atom. The molecular formula is C11H18N4O. The maximum absolute atomic E-state index is 5.64. The van der Waals surface area contributed by atoms with Gasteiger partial charge in [-0.1, -0.05) is 11.2 Å². The minimum absolute atomic E-state index is 0.394. The molecule has 0 atom stereocenters. The molecule has 0 fully saturated rings. The van der Waals surface area contributed by atoms with Gasteiger partial charge >= 0.3 is 0 Å². The molecule has 1 rings (SSSR count). The van der Waals surface area contributed by atoms with E-state index in [1.54, 1.807) is 6.92 Å². The minimum Gasteiger partial charge on any atom is -0.390 e. The number of nitrogens with one attached hydrogen (secondary N) is 1. The SMILES string of the molecule is CNc1ccc(CO/N=C(/C)N)cc1CN. The van der Waals surface area contributed by atoms with Crippen LogP contribution in [-0.4, -0.2) is 12.9 Å². The topological polar surface area (TPSA) is 85.7 Å². The number of hydrogen-bond acceptors (Lipinski definition) is 4. The van der Waals surface area contributed by atoms with Crippen LogP contribution in [0.5, 0.6) is 0 Å². The van der Waals surface area contributed by atoms with Gasteiger partial charge < -0.3 is 21.6 Å². The van der Waals surface area contributed by atoms with Crippen molar-refractivity contribution in [3.05, 3.63) is 29.3 Å². The van der Waals surface area contributed by atoms with E-state index in [0.29, 0.717) is 19.0 Å². The fourth-order valence-electron chi connectivity index (χ4n) is 1.36. The van der Waals surface area contributed by atoms with Crippen LogP contribution in [0.25, 0.3) is 0 Å². The van der Waals surface area contributed by atoms with Crippen LogP contribution in [0.2, 0.25) is 0 Å². The minimum atomic E-state index is 0.394. The molecule has 0 unspecified atom stereocenters. The zero-order valence-corrected chi connectivity index (χ0v) is 9.66. The lowest BCUT2D eigenvalue weighted by atomic mass is 10.1. The first-order valence-electron chi connectivity index (χ1n) is 5.09. The van der Waals surface area contributed by atoms with Crippen LogP contribution >= 0.6 is 0 Å². The van der Waals surface area contributed by atoms with E-state index >= 15 is 0 Å². The lowest BCUT2D eigenvalue weighted by Gasteiger charge is -2.09. The molecule has 0 radical (unpaired) electrons. The largest absolute Gasteiger partial charge is 0.390 e. The predicted octanol–water partition coefficient (Wildman–Crippen LogP) is 0.996. The van der Waals surface area contributed by atoms with E-state index in [2.05, 4.69) is 10.5 Å². The van der Waals surface area contributed by atoms with E-state index in [1.807, 2.05) is 25.2 Å². The summed E-state index contributed by atoms with van der Waals surface area (Å²) < 4.78 is 0. The zero-order chi connectivity index (χ0) is 12.0. The van der Waals surface area contributed by atoms with E-state index in [1.165, 1.54) is 0 Å². The molecule has 1 aromatic carbocycles. The summed E-state index contributed by atoms with van der Waals surface area (Å²) in [7, 11) is 1.87. The number of nitrogens with zero attached hydrogens (tertiary/aromatic N) is 1. The number of nitrogens with two attached hydrogens (primary N) is 2. The molecule has 0 saturated heterocycles. The van der Waals surface area contributed by atoms with E-state index in [-0.39, 0.29) is 0 Å². The molecular weight excluding hydrogens is 204 g/mol. The number of hydrogen-bond donors (Lipinski definition) is 3. The molecule has 88 valence electrons. The van der Waals surface area contributed by atoms with Gasteiger partial charge in [0, 0.05) is 19.3 Å². The molecule has 0 aliphatic heterocycles. The van der Waals surface area contributed by atoms with E-state index in [0.717, 1.165) is 16.8 Å². The third-order valence-electron chi connectivity index (χ3n) is 2.10. The maximum Gasteiger partial charge on any atom is 0.142 e. The van der Waals surface area contributed by atoms with Crippen molar-refractivity contribution in [3.63, 3.8) is 0 Å². The average Bonchev–Trinajstić information content (AvgIpc) is 2.28. The van der Waals surface area contributed by atoms with E-state index in [9.17, 15) is 0 Å². The highest BCUT2D eigenvalue weighted by Crippen LogP contribution is 2.17. The molecule has 5 heteroatoms. The number of benzene rings is 1. The van der Waals surface area contributed by atoms with Crippen LogP contribution < -0.4 is 16.8 Å². The van der Waals surface area contributed by atoms with Crippen LogP contribution in [0.3, 0.4) is 0 Å². The predicted molar refractivity (Wildman–Crippen MR) is 66.0 cm³/mol. The second-order valence-electron chi connectivity index (χ2n) is 3.45. The highest BCUT2D eigenvalue weighted by Gasteiger charge is 2.01. The second-order valence-corrected chi connectivity index (χ2v) is 3.45. The Labute approximate surface area is 95.4 Å². The molecule has 1 aromatic rings. The number of oxime groups is 1.